The highest BCUT2D eigenvalue weighted by molar-refractivity contribution is 5.99. The number of nitrogens with two attached hydrogens (primary N) is 1. The molecule has 1 atom stereocenters. The van der Waals surface area contributed by atoms with Crippen LogP contribution in [0.2, 0.25) is 0 Å². The van der Waals surface area contributed by atoms with E-state index in [4.69, 9.17) is 10.6 Å². The first kappa shape index (κ1) is 15.7. The van der Waals surface area contributed by atoms with Crippen molar-refractivity contribution in [3.63, 3.8) is 0 Å². The fourth-order valence-electron chi connectivity index (χ4n) is 2.35. The number of hydrogen-bond donors (Lipinski definition) is 3. The van der Waals surface area contributed by atoms with E-state index < -0.39 is 0 Å². The van der Waals surface area contributed by atoms with E-state index in [2.05, 4.69) is 27.6 Å². The van der Waals surface area contributed by atoms with Crippen LogP contribution < -0.4 is 16.6 Å². The number of amides is 1. The van der Waals surface area contributed by atoms with Gasteiger partial charge >= 0.3 is 0 Å². The molecule has 0 radical (unpaired) electrons. The summed E-state index contributed by atoms with van der Waals surface area (Å²) >= 11 is 0. The molecule has 1 aliphatic rings. The molecule has 0 aromatic carbocycles. The SMILES string of the molecule is CCN1CCOC(CNC(=O)c2cnc(C)cc2NN)C1. The number of hydrogen-bond acceptors (Lipinski definition) is 6. The number of aryl methyl sites for hydroxylation is 1. The van der Waals surface area contributed by atoms with Crippen LogP contribution in [0.1, 0.15) is 23.0 Å². The van der Waals surface area contributed by atoms with Gasteiger partial charge in [-0.15, -0.1) is 0 Å². The number of carbonyl (C=O) groups is 1. The number of pyridine rings is 1. The third kappa shape index (κ3) is 4.13. The molecule has 1 fully saturated rings. The van der Waals surface area contributed by atoms with Crippen molar-refractivity contribution in [1.82, 2.24) is 15.2 Å². The first-order valence-corrected chi connectivity index (χ1v) is 7.19. The first-order valence-electron chi connectivity index (χ1n) is 7.19. The summed E-state index contributed by atoms with van der Waals surface area (Å²) in [6, 6.07) is 1.74. The van der Waals surface area contributed by atoms with Crippen molar-refractivity contribution in [2.75, 3.05) is 38.2 Å². The summed E-state index contributed by atoms with van der Waals surface area (Å²) in [5.74, 6) is 5.24. The molecular formula is C14H23N5O2. The molecule has 21 heavy (non-hydrogen) atoms. The number of rotatable bonds is 5. The predicted molar refractivity (Wildman–Crippen MR) is 81.0 cm³/mol. The van der Waals surface area contributed by atoms with Gasteiger partial charge in [0, 0.05) is 31.5 Å². The molecule has 0 aliphatic carbocycles. The van der Waals surface area contributed by atoms with Crippen LogP contribution in [0.15, 0.2) is 12.3 Å². The van der Waals surface area contributed by atoms with Crippen LogP contribution in [0.5, 0.6) is 0 Å². The van der Waals surface area contributed by atoms with Crippen LogP contribution in [0.4, 0.5) is 5.69 Å². The Morgan fingerprint density at radius 3 is 3.14 bits per heavy atom. The first-order chi connectivity index (χ1) is 10.1. The molecule has 2 heterocycles. The van der Waals surface area contributed by atoms with E-state index in [0.717, 1.165) is 25.3 Å². The van der Waals surface area contributed by atoms with E-state index in [1.54, 1.807) is 6.07 Å². The Bertz CT molecular complexity index is 494. The van der Waals surface area contributed by atoms with Crippen molar-refractivity contribution in [1.29, 1.82) is 0 Å². The van der Waals surface area contributed by atoms with Gasteiger partial charge in [-0.05, 0) is 19.5 Å². The van der Waals surface area contributed by atoms with Crippen LogP contribution in [-0.2, 0) is 4.74 Å². The number of morpholine rings is 1. The Balaban J connectivity index is 1.92. The maximum atomic E-state index is 12.2. The predicted octanol–water partition coefficient (Wildman–Crippen LogP) is 0.126. The minimum absolute atomic E-state index is 0.0235. The summed E-state index contributed by atoms with van der Waals surface area (Å²) in [6.45, 7) is 7.94. The lowest BCUT2D eigenvalue weighted by atomic mass is 10.2. The number of nitrogen functional groups attached to an aromatic ring is 1. The largest absolute Gasteiger partial charge is 0.374 e. The number of aromatic nitrogens is 1. The molecule has 0 bridgehead atoms. The van der Waals surface area contributed by atoms with Gasteiger partial charge in [0.2, 0.25) is 0 Å². The highest BCUT2D eigenvalue weighted by Crippen LogP contribution is 2.14. The summed E-state index contributed by atoms with van der Waals surface area (Å²) in [5.41, 5.74) is 4.34. The summed E-state index contributed by atoms with van der Waals surface area (Å²) in [5, 5.41) is 2.88. The van der Waals surface area contributed by atoms with Crippen molar-refractivity contribution in [3.8, 4) is 0 Å². The van der Waals surface area contributed by atoms with Gasteiger partial charge in [-0.2, -0.15) is 0 Å². The molecule has 1 aromatic rings. The van der Waals surface area contributed by atoms with Gasteiger partial charge < -0.3 is 15.5 Å². The second kappa shape index (κ2) is 7.35. The van der Waals surface area contributed by atoms with Gasteiger partial charge in [0.25, 0.3) is 5.91 Å². The second-order valence-corrected chi connectivity index (χ2v) is 5.11. The molecule has 1 saturated heterocycles. The maximum absolute atomic E-state index is 12.2. The molecule has 2 rings (SSSR count). The molecule has 0 saturated carbocycles. The summed E-state index contributed by atoms with van der Waals surface area (Å²) in [4.78, 5) is 18.7. The Morgan fingerprint density at radius 1 is 1.62 bits per heavy atom. The van der Waals surface area contributed by atoms with E-state index >= 15 is 0 Å². The summed E-state index contributed by atoms with van der Waals surface area (Å²) in [6.07, 6.45) is 1.55. The monoisotopic (exact) mass is 293 g/mol. The lowest BCUT2D eigenvalue weighted by molar-refractivity contribution is -0.0246. The normalized spacial score (nSPS) is 19.3. The zero-order valence-corrected chi connectivity index (χ0v) is 12.6. The zero-order valence-electron chi connectivity index (χ0n) is 12.6. The smallest absolute Gasteiger partial charge is 0.255 e. The van der Waals surface area contributed by atoms with E-state index in [1.165, 1.54) is 6.20 Å². The molecule has 1 aromatic heterocycles. The van der Waals surface area contributed by atoms with E-state index in [-0.39, 0.29) is 12.0 Å². The zero-order chi connectivity index (χ0) is 15.2. The van der Waals surface area contributed by atoms with E-state index in [9.17, 15) is 4.79 Å². The summed E-state index contributed by atoms with van der Waals surface area (Å²) < 4.78 is 5.66. The number of nitrogens with zero attached hydrogens (tertiary/aromatic N) is 2. The average molecular weight is 293 g/mol. The molecule has 7 nitrogen and oxygen atoms in total. The second-order valence-electron chi connectivity index (χ2n) is 5.11. The fraction of sp³-hybridized carbons (Fsp3) is 0.571. The van der Waals surface area contributed by atoms with Crippen molar-refractivity contribution >= 4 is 11.6 Å². The third-order valence-corrected chi connectivity index (χ3v) is 3.60. The van der Waals surface area contributed by atoms with E-state index in [1.807, 2.05) is 6.92 Å². The van der Waals surface area contributed by atoms with Gasteiger partial charge in [-0.1, -0.05) is 6.92 Å². The third-order valence-electron chi connectivity index (χ3n) is 3.60. The van der Waals surface area contributed by atoms with Crippen molar-refractivity contribution in [3.05, 3.63) is 23.5 Å². The minimum atomic E-state index is -0.201. The highest BCUT2D eigenvalue weighted by Gasteiger charge is 2.20. The highest BCUT2D eigenvalue weighted by atomic mass is 16.5. The maximum Gasteiger partial charge on any atom is 0.255 e. The molecule has 116 valence electrons. The minimum Gasteiger partial charge on any atom is -0.374 e. The lowest BCUT2D eigenvalue weighted by Gasteiger charge is -2.32. The van der Waals surface area contributed by atoms with Crippen LogP contribution in [0, 0.1) is 6.92 Å². The molecule has 0 spiro atoms. The van der Waals surface area contributed by atoms with Gasteiger partial charge in [-0.3, -0.25) is 20.5 Å². The molecule has 4 N–H and O–H groups in total. The van der Waals surface area contributed by atoms with Crippen molar-refractivity contribution in [2.24, 2.45) is 5.84 Å². The number of ether oxygens (including phenoxy) is 1. The molecule has 1 unspecified atom stereocenters. The topological polar surface area (TPSA) is 92.5 Å². The van der Waals surface area contributed by atoms with Crippen LogP contribution in [-0.4, -0.2) is 54.7 Å². The molecule has 1 aliphatic heterocycles. The van der Waals surface area contributed by atoms with Crippen LogP contribution >= 0.6 is 0 Å². The quantitative estimate of drug-likeness (QED) is 0.528. The van der Waals surface area contributed by atoms with Gasteiger partial charge in [0.15, 0.2) is 0 Å². The van der Waals surface area contributed by atoms with Crippen LogP contribution in [0.3, 0.4) is 0 Å². The molecule has 7 heteroatoms. The Morgan fingerprint density at radius 2 is 2.43 bits per heavy atom. The number of nitrogens with one attached hydrogen (secondary N) is 2. The van der Waals surface area contributed by atoms with Gasteiger partial charge in [0.05, 0.1) is 24.0 Å². The van der Waals surface area contributed by atoms with Crippen molar-refractivity contribution in [2.45, 2.75) is 20.0 Å². The molecule has 1 amide bonds. The number of likely N-dealkylation sites (N-methyl/N-ethyl adjacent to an activating group) is 1. The van der Waals surface area contributed by atoms with Crippen molar-refractivity contribution < 1.29 is 9.53 Å². The Labute approximate surface area is 124 Å². The van der Waals surface area contributed by atoms with Gasteiger partial charge in [-0.25, -0.2) is 0 Å². The lowest BCUT2D eigenvalue weighted by Crippen LogP contribution is -2.47. The summed E-state index contributed by atoms with van der Waals surface area (Å²) in [7, 11) is 0. The van der Waals surface area contributed by atoms with E-state index in [0.29, 0.717) is 24.4 Å². The Kier molecular flexibility index (Phi) is 5.49. The number of hydrazine groups is 1. The van der Waals surface area contributed by atoms with Crippen LogP contribution in [0.25, 0.3) is 0 Å². The van der Waals surface area contributed by atoms with Gasteiger partial charge in [0.1, 0.15) is 0 Å². The number of carbonyl (C=O) groups excluding carboxylic acids is 1. The average Bonchev–Trinajstić information content (AvgIpc) is 2.52. The fourth-order valence-corrected chi connectivity index (χ4v) is 2.35. The molecular weight excluding hydrogens is 270 g/mol. The Hall–Kier alpha value is -1.70. The standard InChI is InChI=1S/C14H23N5O2/c1-3-19-4-5-21-11(9-19)7-17-14(20)12-8-16-10(2)6-13(12)18-15/h6,8,11H,3-5,7,9,15H2,1-2H3,(H,16,18)(H,17,20). The number of anilines is 1.